The monoisotopic (exact) mass is 642 g/mol. The Morgan fingerprint density at radius 2 is 0.884 bits per heavy atom. The molecule has 4 aromatic rings. The van der Waals surface area contributed by atoms with Crippen molar-refractivity contribution in [3.05, 3.63) is 84.9 Å². The normalized spacial score (nSPS) is 12.2. The molecule has 0 heterocycles. The van der Waals surface area contributed by atoms with Crippen LogP contribution >= 0.6 is 11.8 Å². The van der Waals surface area contributed by atoms with Gasteiger partial charge in [0, 0.05) is 9.79 Å². The molecule has 12 nitrogen and oxygen atoms in total. The second kappa shape index (κ2) is 13.9. The van der Waals surface area contributed by atoms with Crippen LogP contribution in [0.3, 0.4) is 0 Å². The minimum absolute atomic E-state index is 0.0174. The van der Waals surface area contributed by atoms with Gasteiger partial charge in [-0.25, -0.2) is 0 Å². The molecule has 0 unspecified atom stereocenters. The number of hydrogen-bond acceptors (Lipinski definition) is 11. The lowest BCUT2D eigenvalue weighted by molar-refractivity contribution is 0.340. The fourth-order valence-electron chi connectivity index (χ4n) is 3.59. The number of rotatable bonds is 12. The number of benzene rings is 4. The summed E-state index contributed by atoms with van der Waals surface area (Å²) >= 11 is 0.703. The number of ether oxygens (including phenoxy) is 2. The van der Waals surface area contributed by atoms with Crippen molar-refractivity contribution >= 4 is 54.7 Å². The summed E-state index contributed by atoms with van der Waals surface area (Å²) in [5, 5.41) is 16.2. The lowest BCUT2D eigenvalue weighted by Crippen LogP contribution is -2.02. The molecule has 0 atom stereocenters. The number of hydrogen-bond donors (Lipinski definition) is 2. The van der Waals surface area contributed by atoms with E-state index < -0.39 is 30.0 Å². The van der Waals surface area contributed by atoms with Crippen LogP contribution in [0.2, 0.25) is 0 Å². The molecule has 43 heavy (non-hydrogen) atoms. The average molecular weight is 643 g/mol. The minimum atomic E-state index is -4.77. The third-order valence-corrected chi connectivity index (χ3v) is 8.69. The Bertz CT molecular complexity index is 1720. The maximum absolute atomic E-state index is 12.2. The first-order chi connectivity index (χ1) is 20.5. The van der Waals surface area contributed by atoms with Crippen molar-refractivity contribution in [1.82, 2.24) is 0 Å². The van der Waals surface area contributed by atoms with E-state index in [2.05, 4.69) is 20.5 Å². The third-order valence-electron chi connectivity index (χ3n) is 5.49. The minimum Gasteiger partial charge on any atom is -0.494 e. The fourth-order valence-corrected chi connectivity index (χ4v) is 6.48. The van der Waals surface area contributed by atoms with Crippen molar-refractivity contribution in [3.63, 3.8) is 0 Å². The van der Waals surface area contributed by atoms with Crippen LogP contribution < -0.4 is 9.47 Å². The highest BCUT2D eigenvalue weighted by Gasteiger charge is 2.22. The maximum Gasteiger partial charge on any atom is 0.295 e. The van der Waals surface area contributed by atoms with E-state index in [4.69, 9.17) is 9.47 Å². The van der Waals surface area contributed by atoms with Crippen molar-refractivity contribution in [3.8, 4) is 11.5 Å². The Kier molecular flexibility index (Phi) is 10.3. The molecule has 15 heteroatoms. The zero-order valence-electron chi connectivity index (χ0n) is 22.9. The van der Waals surface area contributed by atoms with Gasteiger partial charge in [-0.3, -0.25) is 9.11 Å². The van der Waals surface area contributed by atoms with Crippen LogP contribution in [0.4, 0.5) is 22.7 Å². The molecular formula is C28H26N4O8S3. The smallest absolute Gasteiger partial charge is 0.295 e. The van der Waals surface area contributed by atoms with E-state index in [9.17, 15) is 25.9 Å². The molecule has 2 N–H and O–H groups in total. The van der Waals surface area contributed by atoms with Crippen LogP contribution in [0.25, 0.3) is 0 Å². The Morgan fingerprint density at radius 1 is 0.558 bits per heavy atom. The second-order valence-electron chi connectivity index (χ2n) is 8.57. The summed E-state index contributed by atoms with van der Waals surface area (Å²) in [6, 6.07) is 21.3. The SMILES string of the molecule is CCOc1ccc(N=Nc2ccc(Sc3ccc(N=Nc4ccc(OCC)cc4)cc3S(=O)(=O)O)c(S(=O)(=O)O)c2)cc1. The zero-order chi connectivity index (χ0) is 31.0. The molecule has 4 aromatic carbocycles. The molecule has 224 valence electrons. The Labute approximate surface area is 253 Å². The topological polar surface area (TPSA) is 177 Å². The van der Waals surface area contributed by atoms with Gasteiger partial charge in [0.15, 0.2) is 0 Å². The quantitative estimate of drug-likeness (QED) is 0.115. The summed E-state index contributed by atoms with van der Waals surface area (Å²) in [6.07, 6.45) is 0. The van der Waals surface area contributed by atoms with Crippen LogP contribution in [-0.2, 0) is 20.2 Å². The van der Waals surface area contributed by atoms with Crippen molar-refractivity contribution in [2.75, 3.05) is 13.2 Å². The molecule has 0 aliphatic rings. The summed E-state index contributed by atoms with van der Waals surface area (Å²) in [5.41, 5.74) is 1.19. The Morgan fingerprint density at radius 3 is 1.21 bits per heavy atom. The van der Waals surface area contributed by atoms with Crippen molar-refractivity contribution in [2.24, 2.45) is 20.5 Å². The van der Waals surface area contributed by atoms with E-state index in [-0.39, 0.29) is 21.2 Å². The van der Waals surface area contributed by atoms with Crippen LogP contribution in [0.15, 0.2) is 125 Å². The molecule has 0 aliphatic carbocycles. The van der Waals surface area contributed by atoms with E-state index in [1.807, 2.05) is 13.8 Å². The van der Waals surface area contributed by atoms with Gasteiger partial charge >= 0.3 is 0 Å². The van der Waals surface area contributed by atoms with E-state index in [0.717, 1.165) is 12.1 Å². The van der Waals surface area contributed by atoms with Gasteiger partial charge in [0.2, 0.25) is 0 Å². The number of nitrogens with zero attached hydrogens (tertiary/aromatic N) is 4. The zero-order valence-corrected chi connectivity index (χ0v) is 25.3. The Balaban J connectivity index is 1.61. The van der Waals surface area contributed by atoms with Gasteiger partial charge in [0.25, 0.3) is 20.2 Å². The molecule has 0 saturated carbocycles. The van der Waals surface area contributed by atoms with Gasteiger partial charge in [0.05, 0.1) is 36.0 Å². The van der Waals surface area contributed by atoms with E-state index in [1.165, 1.54) is 24.3 Å². The van der Waals surface area contributed by atoms with Crippen LogP contribution in [-0.4, -0.2) is 39.2 Å². The molecule has 0 amide bonds. The summed E-state index contributed by atoms with van der Waals surface area (Å²) in [7, 11) is -9.53. The molecule has 0 aromatic heterocycles. The lowest BCUT2D eigenvalue weighted by atomic mass is 10.3. The van der Waals surface area contributed by atoms with Crippen molar-refractivity contribution < 1.29 is 35.4 Å². The Hall–Kier alpha value is -4.15. The summed E-state index contributed by atoms with van der Waals surface area (Å²) in [6.45, 7) is 4.74. The summed E-state index contributed by atoms with van der Waals surface area (Å²) < 4.78 is 79.5. The highest BCUT2D eigenvalue weighted by molar-refractivity contribution is 8.00. The van der Waals surface area contributed by atoms with Gasteiger partial charge in [-0.05, 0) is 98.8 Å². The number of azo groups is 2. The first-order valence-corrected chi connectivity index (χ1v) is 16.4. The molecule has 0 aliphatic heterocycles. The van der Waals surface area contributed by atoms with E-state index >= 15 is 0 Å². The van der Waals surface area contributed by atoms with Crippen LogP contribution in [0.1, 0.15) is 13.8 Å². The lowest BCUT2D eigenvalue weighted by Gasteiger charge is -2.11. The highest BCUT2D eigenvalue weighted by Crippen LogP contribution is 2.39. The molecule has 0 bridgehead atoms. The summed E-state index contributed by atoms with van der Waals surface area (Å²) in [4.78, 5) is -1.09. The molecular weight excluding hydrogens is 617 g/mol. The van der Waals surface area contributed by atoms with Crippen LogP contribution in [0, 0.1) is 0 Å². The molecule has 0 saturated heterocycles. The fraction of sp³-hybridized carbons (Fsp3) is 0.143. The standard InChI is InChI=1S/C28H26N4O8S3/c1-3-39-23-11-5-19(6-12-23)29-31-21-9-15-25(27(17-21)42(33,34)35)41-26-16-10-22(18-28(26)43(36,37)38)32-30-20-7-13-24(14-8-20)40-4-2/h5-18H,3-4H2,1-2H3,(H,33,34,35)(H,36,37,38). The van der Waals surface area contributed by atoms with E-state index in [0.29, 0.717) is 47.8 Å². The van der Waals surface area contributed by atoms with Crippen molar-refractivity contribution in [1.29, 1.82) is 0 Å². The predicted octanol–water partition coefficient (Wildman–Crippen LogP) is 7.96. The molecule has 0 spiro atoms. The predicted molar refractivity (Wildman–Crippen MR) is 160 cm³/mol. The second-order valence-corrected chi connectivity index (χ2v) is 12.4. The van der Waals surface area contributed by atoms with Crippen LogP contribution in [0.5, 0.6) is 11.5 Å². The average Bonchev–Trinajstić information content (AvgIpc) is 2.97. The van der Waals surface area contributed by atoms with Gasteiger partial charge in [-0.1, -0.05) is 11.8 Å². The third kappa shape index (κ3) is 8.92. The first-order valence-electron chi connectivity index (χ1n) is 12.7. The van der Waals surface area contributed by atoms with Crippen molar-refractivity contribution in [2.45, 2.75) is 33.4 Å². The largest absolute Gasteiger partial charge is 0.494 e. The maximum atomic E-state index is 12.2. The molecule has 0 fully saturated rings. The summed E-state index contributed by atoms with van der Waals surface area (Å²) in [5.74, 6) is 1.31. The van der Waals surface area contributed by atoms with E-state index in [1.54, 1.807) is 48.5 Å². The first kappa shape index (κ1) is 31.8. The molecule has 4 rings (SSSR count). The van der Waals surface area contributed by atoms with Gasteiger partial charge in [0.1, 0.15) is 21.3 Å². The van der Waals surface area contributed by atoms with Gasteiger partial charge in [-0.15, -0.1) is 0 Å². The molecule has 0 radical (unpaired) electrons. The van der Waals surface area contributed by atoms with Gasteiger partial charge in [-0.2, -0.15) is 37.3 Å². The van der Waals surface area contributed by atoms with Gasteiger partial charge < -0.3 is 9.47 Å². The highest BCUT2D eigenvalue weighted by atomic mass is 32.2.